The fourth-order valence-electron chi connectivity index (χ4n) is 5.00. The summed E-state index contributed by atoms with van der Waals surface area (Å²) in [5.41, 5.74) is -1.08. The predicted octanol–water partition coefficient (Wildman–Crippen LogP) is 1.38. The molecule has 5 atom stereocenters. The number of ether oxygens (including phenoxy) is 4. The third-order valence-corrected chi connectivity index (χ3v) is 7.33. The zero-order valence-corrected chi connectivity index (χ0v) is 23.6. The van der Waals surface area contributed by atoms with Gasteiger partial charge >= 0.3 is 5.97 Å². The van der Waals surface area contributed by atoms with E-state index in [1.165, 1.54) is 38.5 Å². The summed E-state index contributed by atoms with van der Waals surface area (Å²) in [6, 6.07) is 8.20. The molecule has 3 aromatic carbocycles. The van der Waals surface area contributed by atoms with E-state index in [1.54, 1.807) is 0 Å². The molecule has 0 saturated carbocycles. The average molecular weight is 629 g/mol. The zero-order valence-electron chi connectivity index (χ0n) is 23.6. The van der Waals surface area contributed by atoms with Crippen molar-refractivity contribution in [3.05, 3.63) is 63.8 Å². The van der Waals surface area contributed by atoms with E-state index in [-0.39, 0.29) is 50.7 Å². The monoisotopic (exact) mass is 628 g/mol. The van der Waals surface area contributed by atoms with Crippen LogP contribution in [0.1, 0.15) is 22.0 Å². The number of aliphatic hydroxyl groups excluding tert-OH is 3. The molecule has 0 aliphatic carbocycles. The maximum Gasteiger partial charge on any atom is 0.338 e. The van der Waals surface area contributed by atoms with Gasteiger partial charge in [0.2, 0.25) is 11.2 Å². The van der Waals surface area contributed by atoms with Gasteiger partial charge in [-0.25, -0.2) is 4.79 Å². The van der Waals surface area contributed by atoms with Gasteiger partial charge in [-0.2, -0.15) is 0 Å². The van der Waals surface area contributed by atoms with Crippen LogP contribution in [0.25, 0.3) is 22.3 Å². The first-order chi connectivity index (χ1) is 21.4. The Morgan fingerprint density at radius 3 is 2.13 bits per heavy atom. The van der Waals surface area contributed by atoms with Gasteiger partial charge in [0.1, 0.15) is 53.8 Å². The number of phenolic OH excluding ortho intramolecular Hbond substituents is 5. The number of aliphatic hydroxyl groups is 3. The number of fused-ring (bicyclic) bond motifs is 1. The van der Waals surface area contributed by atoms with E-state index in [4.69, 9.17) is 23.4 Å². The largest absolute Gasteiger partial charge is 0.507 e. The molecule has 15 heteroatoms. The highest BCUT2D eigenvalue weighted by atomic mass is 16.6. The third kappa shape index (κ3) is 5.60. The van der Waals surface area contributed by atoms with Gasteiger partial charge in [-0.15, -0.1) is 0 Å². The molecule has 1 fully saturated rings. The summed E-state index contributed by atoms with van der Waals surface area (Å²) in [4.78, 5) is 25.8. The van der Waals surface area contributed by atoms with Crippen molar-refractivity contribution in [1.29, 1.82) is 0 Å². The molecule has 2 heterocycles. The highest BCUT2D eigenvalue weighted by Gasteiger charge is 2.45. The first-order valence-corrected chi connectivity index (χ1v) is 13.2. The number of aromatic hydroxyl groups is 5. The molecule has 4 aromatic rings. The minimum Gasteiger partial charge on any atom is -0.507 e. The number of esters is 1. The van der Waals surface area contributed by atoms with Gasteiger partial charge < -0.3 is 64.2 Å². The second kappa shape index (κ2) is 12.0. The first kappa shape index (κ1) is 31.2. The molecule has 0 radical (unpaired) electrons. The Balaban J connectivity index is 1.48. The fraction of sp³-hybridized carbons (Fsp3) is 0.267. The van der Waals surface area contributed by atoms with Crippen LogP contribution in [0.4, 0.5) is 0 Å². The van der Waals surface area contributed by atoms with Gasteiger partial charge in [-0.1, -0.05) is 0 Å². The smallest absolute Gasteiger partial charge is 0.338 e. The summed E-state index contributed by atoms with van der Waals surface area (Å²) in [5, 5.41) is 81.5. The summed E-state index contributed by atoms with van der Waals surface area (Å²) in [6.07, 6.45) is -8.23. The second-order valence-corrected chi connectivity index (χ2v) is 10.1. The van der Waals surface area contributed by atoms with E-state index >= 15 is 0 Å². The Kier molecular flexibility index (Phi) is 8.36. The van der Waals surface area contributed by atoms with Crippen LogP contribution in [0, 0.1) is 0 Å². The second-order valence-electron chi connectivity index (χ2n) is 10.1. The molecule has 1 aliphatic heterocycles. The molecule has 5 rings (SSSR count). The minimum atomic E-state index is -1.83. The van der Waals surface area contributed by atoms with Crippen LogP contribution in [-0.4, -0.2) is 92.1 Å². The summed E-state index contributed by atoms with van der Waals surface area (Å²) in [7, 11) is 2.57. The third-order valence-electron chi connectivity index (χ3n) is 7.33. The molecule has 8 N–H and O–H groups in total. The molecule has 1 saturated heterocycles. The van der Waals surface area contributed by atoms with Crippen molar-refractivity contribution in [2.75, 3.05) is 20.8 Å². The Morgan fingerprint density at radius 1 is 0.822 bits per heavy atom. The number of phenols is 5. The van der Waals surface area contributed by atoms with Gasteiger partial charge in [0, 0.05) is 5.56 Å². The molecule has 238 valence electrons. The van der Waals surface area contributed by atoms with Gasteiger partial charge in [0.15, 0.2) is 34.5 Å². The van der Waals surface area contributed by atoms with E-state index in [0.29, 0.717) is 0 Å². The predicted molar refractivity (Wildman–Crippen MR) is 152 cm³/mol. The molecule has 5 unspecified atom stereocenters. The van der Waals surface area contributed by atoms with Crippen LogP contribution < -0.4 is 14.9 Å². The Bertz CT molecular complexity index is 1810. The summed E-state index contributed by atoms with van der Waals surface area (Å²) >= 11 is 0. The number of hydrogen-bond acceptors (Lipinski definition) is 15. The topological polar surface area (TPSA) is 246 Å². The van der Waals surface area contributed by atoms with Gasteiger partial charge in [0.05, 0.1) is 19.8 Å². The SMILES string of the molecule is COc1ccc(-c2oc3cc(C4OC(COC(=O)c5cc(O)c(O)c(O)c5)C(O)C(O)C4O)cc(O)c3c(=O)c2OC)cc1O. The van der Waals surface area contributed by atoms with Crippen LogP contribution >= 0.6 is 0 Å². The van der Waals surface area contributed by atoms with Gasteiger partial charge in [-0.05, 0) is 48.0 Å². The van der Waals surface area contributed by atoms with E-state index in [9.17, 15) is 50.4 Å². The lowest BCUT2D eigenvalue weighted by Gasteiger charge is -2.40. The van der Waals surface area contributed by atoms with Crippen molar-refractivity contribution in [3.63, 3.8) is 0 Å². The lowest BCUT2D eigenvalue weighted by Crippen LogP contribution is -2.55. The fourth-order valence-corrected chi connectivity index (χ4v) is 5.00. The van der Waals surface area contributed by atoms with Crippen LogP contribution in [0.3, 0.4) is 0 Å². The number of methoxy groups -OCH3 is 2. The Labute approximate surface area is 252 Å². The molecule has 15 nitrogen and oxygen atoms in total. The van der Waals surface area contributed by atoms with E-state index in [0.717, 1.165) is 18.2 Å². The number of benzene rings is 3. The van der Waals surface area contributed by atoms with Crippen LogP contribution in [0.2, 0.25) is 0 Å². The normalized spacial score (nSPS) is 21.4. The highest BCUT2D eigenvalue weighted by molar-refractivity contribution is 5.91. The maximum atomic E-state index is 13.3. The quantitative estimate of drug-likeness (QED) is 0.106. The summed E-state index contributed by atoms with van der Waals surface area (Å²) in [6.45, 7) is -0.681. The molecular formula is C30H28O15. The molecule has 0 bridgehead atoms. The lowest BCUT2D eigenvalue weighted by molar-refractivity contribution is -0.231. The molecule has 45 heavy (non-hydrogen) atoms. The number of carbonyl (C=O) groups excluding carboxylic acids is 1. The van der Waals surface area contributed by atoms with Crippen LogP contribution in [0.15, 0.2) is 51.7 Å². The number of rotatable bonds is 7. The lowest BCUT2D eigenvalue weighted by atomic mass is 9.90. The maximum absolute atomic E-state index is 13.3. The van der Waals surface area contributed by atoms with E-state index < -0.39 is 71.5 Å². The van der Waals surface area contributed by atoms with E-state index in [2.05, 4.69) is 0 Å². The van der Waals surface area contributed by atoms with Gasteiger partial charge in [-0.3, -0.25) is 4.79 Å². The molecule has 1 aliphatic rings. The summed E-state index contributed by atoms with van der Waals surface area (Å²) < 4.78 is 27.1. The molecule has 0 amide bonds. The Morgan fingerprint density at radius 2 is 1.51 bits per heavy atom. The van der Waals surface area contributed by atoms with Gasteiger partial charge in [0.25, 0.3) is 0 Å². The molecular weight excluding hydrogens is 600 g/mol. The van der Waals surface area contributed by atoms with Crippen molar-refractivity contribution in [3.8, 4) is 51.6 Å². The molecule has 1 aromatic heterocycles. The van der Waals surface area contributed by atoms with Crippen molar-refractivity contribution in [2.24, 2.45) is 0 Å². The Hall–Kier alpha value is -5.22. The van der Waals surface area contributed by atoms with Crippen LogP contribution in [0.5, 0.6) is 40.2 Å². The van der Waals surface area contributed by atoms with Crippen molar-refractivity contribution in [2.45, 2.75) is 30.5 Å². The molecule has 0 spiro atoms. The number of hydrogen-bond donors (Lipinski definition) is 8. The van der Waals surface area contributed by atoms with Crippen molar-refractivity contribution in [1.82, 2.24) is 0 Å². The average Bonchev–Trinajstić information content (AvgIpc) is 3.01. The van der Waals surface area contributed by atoms with Crippen molar-refractivity contribution < 1.29 is 69.0 Å². The summed E-state index contributed by atoms with van der Waals surface area (Å²) in [5.74, 6) is -4.60. The van der Waals surface area contributed by atoms with Crippen LogP contribution in [-0.2, 0) is 9.47 Å². The van der Waals surface area contributed by atoms with Crippen molar-refractivity contribution >= 4 is 16.9 Å². The number of carbonyl (C=O) groups is 1. The highest BCUT2D eigenvalue weighted by Crippen LogP contribution is 2.41. The minimum absolute atomic E-state index is 0.000000661. The first-order valence-electron chi connectivity index (χ1n) is 13.2. The standard InChI is InChI=1S/C30H28O15/c1-41-18-4-3-11(5-14(18)31)28-29(42-2)24(37)21-15(32)6-12(9-19(21)44-28)27-26(39)25(38)23(36)20(45-27)10-43-30(40)13-7-16(33)22(35)17(34)8-13/h3-9,20,23,25-27,31-36,38-39H,10H2,1-2H3. The van der Waals surface area contributed by atoms with E-state index in [1.807, 2.05) is 0 Å². The zero-order chi connectivity index (χ0) is 32.7.